The Hall–Kier alpha value is 1.45. The number of ether oxygens (including phenoxy) is 1. The van der Waals surface area contributed by atoms with Crippen molar-refractivity contribution in [3.8, 4) is 0 Å². The summed E-state index contributed by atoms with van der Waals surface area (Å²) in [6.07, 6.45) is 0.0540. The van der Waals surface area contributed by atoms with Crippen molar-refractivity contribution in [1.82, 2.24) is 0 Å². The van der Waals surface area contributed by atoms with Crippen molar-refractivity contribution in [1.29, 1.82) is 0 Å². The van der Waals surface area contributed by atoms with Gasteiger partial charge in [-0.1, -0.05) is 12.7 Å². The Balaban J connectivity index is 0. The molecular weight excluding hydrogens is 183 g/mol. The first-order chi connectivity index (χ1) is 4.56. The van der Waals surface area contributed by atoms with Gasteiger partial charge in [-0.25, -0.2) is 0 Å². The van der Waals surface area contributed by atoms with Crippen molar-refractivity contribution in [3.63, 3.8) is 0 Å². The fraction of sp³-hybridized carbons (Fsp3) is 1.00. The summed E-state index contributed by atoms with van der Waals surface area (Å²) in [6.45, 7) is -4.15. The van der Waals surface area contributed by atoms with Crippen molar-refractivity contribution in [3.05, 3.63) is 0 Å². The molecule has 6 heteroatoms. The molecule has 0 aliphatic heterocycles. The molecule has 11 heavy (non-hydrogen) atoms. The summed E-state index contributed by atoms with van der Waals surface area (Å²) in [4.78, 5) is 0. The maximum atomic E-state index is 11.5. The van der Waals surface area contributed by atoms with E-state index in [0.717, 1.165) is 0 Å². The van der Waals surface area contributed by atoms with E-state index < -0.39 is 13.3 Å². The Kier molecular flexibility index (Phi) is 11.0. The van der Waals surface area contributed by atoms with Gasteiger partial charge in [-0.3, -0.25) is 0 Å². The molecule has 0 heterocycles. The SMILES string of the molecule is COCCCC[B-](F)(F)F.[K+]. The van der Waals surface area contributed by atoms with Gasteiger partial charge < -0.3 is 17.7 Å². The number of unbranched alkanes of at least 4 members (excludes halogenated alkanes) is 1. The van der Waals surface area contributed by atoms with Crippen molar-refractivity contribution >= 4 is 6.98 Å². The summed E-state index contributed by atoms with van der Waals surface area (Å²) in [7, 11) is 1.48. The maximum Gasteiger partial charge on any atom is 1.00 e. The van der Waals surface area contributed by atoms with Crippen LogP contribution in [0.3, 0.4) is 0 Å². The summed E-state index contributed by atoms with van der Waals surface area (Å²) < 4.78 is 39.1. The minimum atomic E-state index is -4.57. The van der Waals surface area contributed by atoms with Crippen LogP contribution in [0.5, 0.6) is 0 Å². The quantitative estimate of drug-likeness (QED) is 0.414. The molecule has 0 saturated carbocycles. The molecule has 0 saturated heterocycles. The topological polar surface area (TPSA) is 9.23 Å². The van der Waals surface area contributed by atoms with Gasteiger partial charge in [-0.15, -0.1) is 0 Å². The summed E-state index contributed by atoms with van der Waals surface area (Å²) >= 11 is 0. The first-order valence-corrected chi connectivity index (χ1v) is 3.26. The van der Waals surface area contributed by atoms with Crippen LogP contribution in [0.1, 0.15) is 12.8 Å². The number of methoxy groups -OCH3 is 1. The summed E-state index contributed by atoms with van der Waals surface area (Å²) in [5.74, 6) is 0. The van der Waals surface area contributed by atoms with E-state index in [1.54, 1.807) is 0 Å². The molecule has 0 radical (unpaired) electrons. The molecule has 0 unspecified atom stereocenters. The van der Waals surface area contributed by atoms with Gasteiger partial charge in [-0.2, -0.15) is 0 Å². The predicted molar refractivity (Wildman–Crippen MR) is 35.0 cm³/mol. The number of rotatable bonds is 5. The molecule has 0 bridgehead atoms. The Labute approximate surface area is 108 Å². The zero-order valence-corrected chi connectivity index (χ0v) is 10.1. The van der Waals surface area contributed by atoms with Crippen LogP contribution < -0.4 is 51.4 Å². The van der Waals surface area contributed by atoms with Gasteiger partial charge in [-0.05, 0) is 6.42 Å². The molecule has 62 valence electrons. The third-order valence-corrected chi connectivity index (χ3v) is 1.13. The van der Waals surface area contributed by atoms with Gasteiger partial charge in [0.15, 0.2) is 0 Å². The zero-order chi connectivity index (χ0) is 8.04. The summed E-state index contributed by atoms with van der Waals surface area (Å²) in [5.41, 5.74) is 0. The van der Waals surface area contributed by atoms with Crippen LogP contribution in [0.15, 0.2) is 0 Å². The van der Waals surface area contributed by atoms with E-state index >= 15 is 0 Å². The average Bonchev–Trinajstić information content (AvgIpc) is 1.78. The molecule has 0 aromatic heterocycles. The normalized spacial score (nSPS) is 10.9. The Morgan fingerprint density at radius 2 is 1.73 bits per heavy atom. The van der Waals surface area contributed by atoms with Crippen molar-refractivity contribution in [2.75, 3.05) is 13.7 Å². The van der Waals surface area contributed by atoms with E-state index in [4.69, 9.17) is 0 Å². The molecule has 0 spiro atoms. The van der Waals surface area contributed by atoms with Crippen LogP contribution in [0.4, 0.5) is 12.9 Å². The fourth-order valence-corrected chi connectivity index (χ4v) is 0.622. The molecular formula is C5H11BF3KO. The zero-order valence-electron chi connectivity index (χ0n) is 6.95. The molecule has 1 nitrogen and oxygen atoms in total. The van der Waals surface area contributed by atoms with E-state index in [-0.39, 0.29) is 57.8 Å². The Morgan fingerprint density at radius 3 is 2.09 bits per heavy atom. The van der Waals surface area contributed by atoms with Gasteiger partial charge in [0.2, 0.25) is 0 Å². The van der Waals surface area contributed by atoms with E-state index in [2.05, 4.69) is 4.74 Å². The number of halogens is 3. The monoisotopic (exact) mass is 194 g/mol. The summed E-state index contributed by atoms with van der Waals surface area (Å²) in [6, 6.07) is 0. The first-order valence-electron chi connectivity index (χ1n) is 3.26. The molecule has 0 atom stereocenters. The number of hydrogen-bond donors (Lipinski definition) is 0. The van der Waals surface area contributed by atoms with Crippen molar-refractivity contribution in [2.45, 2.75) is 19.2 Å². The van der Waals surface area contributed by atoms with Crippen molar-refractivity contribution in [2.24, 2.45) is 0 Å². The van der Waals surface area contributed by atoms with E-state index in [9.17, 15) is 12.9 Å². The van der Waals surface area contributed by atoms with Gasteiger partial charge in [0, 0.05) is 13.7 Å². The van der Waals surface area contributed by atoms with Crippen molar-refractivity contribution < 1.29 is 69.1 Å². The molecule has 0 aromatic carbocycles. The van der Waals surface area contributed by atoms with Crippen LogP contribution in [0.25, 0.3) is 0 Å². The van der Waals surface area contributed by atoms with Gasteiger partial charge in [0.05, 0.1) is 0 Å². The second-order valence-corrected chi connectivity index (χ2v) is 2.20. The molecule has 0 N–H and O–H groups in total. The largest absolute Gasteiger partial charge is 1.00 e. The average molecular weight is 194 g/mol. The van der Waals surface area contributed by atoms with Gasteiger partial charge >= 0.3 is 58.4 Å². The Morgan fingerprint density at radius 1 is 1.18 bits per heavy atom. The van der Waals surface area contributed by atoms with Crippen LogP contribution in [-0.2, 0) is 4.74 Å². The Bertz CT molecular complexity index is 88.3. The molecule has 0 fully saturated rings. The van der Waals surface area contributed by atoms with Crippen LogP contribution in [0, 0.1) is 0 Å². The number of hydrogen-bond acceptors (Lipinski definition) is 1. The maximum absolute atomic E-state index is 11.5. The first kappa shape index (κ1) is 14.9. The van der Waals surface area contributed by atoms with Crippen LogP contribution in [-0.4, -0.2) is 20.7 Å². The second-order valence-electron chi connectivity index (χ2n) is 2.20. The summed E-state index contributed by atoms with van der Waals surface area (Å²) in [5, 5.41) is 0. The van der Waals surface area contributed by atoms with E-state index in [1.807, 2.05) is 0 Å². The van der Waals surface area contributed by atoms with E-state index in [0.29, 0.717) is 13.0 Å². The van der Waals surface area contributed by atoms with Gasteiger partial charge in [0.1, 0.15) is 0 Å². The standard InChI is InChI=1S/C5H11BF3O.K/c1-10-5-3-2-4-6(7,8)9;/h2-5H2,1H3;/q-1;+1. The predicted octanol–water partition coefficient (Wildman–Crippen LogP) is -0.736. The van der Waals surface area contributed by atoms with Crippen LogP contribution in [0.2, 0.25) is 6.32 Å². The fourth-order valence-electron chi connectivity index (χ4n) is 0.622. The third-order valence-electron chi connectivity index (χ3n) is 1.13. The minimum Gasteiger partial charge on any atom is -0.449 e. The molecule has 0 rings (SSSR count). The van der Waals surface area contributed by atoms with E-state index in [1.165, 1.54) is 7.11 Å². The second kappa shape index (κ2) is 8.07. The molecule has 0 aliphatic rings. The molecule has 0 aliphatic carbocycles. The molecule has 0 amide bonds. The third kappa shape index (κ3) is 14.3. The molecule has 0 aromatic rings. The minimum absolute atomic E-state index is 0. The van der Waals surface area contributed by atoms with Crippen LogP contribution >= 0.6 is 0 Å². The smallest absolute Gasteiger partial charge is 0.449 e. The van der Waals surface area contributed by atoms with Gasteiger partial charge in [0.25, 0.3) is 0 Å².